The molecule has 2 rings (SSSR count). The average Bonchev–Trinajstić information content (AvgIpc) is 2.51. The number of rotatable bonds is 3. The minimum atomic E-state index is -4.82. The number of aliphatic hydroxyl groups excluding tert-OH is 1. The van der Waals surface area contributed by atoms with Crippen molar-refractivity contribution in [2.24, 2.45) is 0 Å². The lowest BCUT2D eigenvalue weighted by atomic mass is 9.99. The first-order chi connectivity index (χ1) is 11.1. The molecule has 7 heteroatoms. The normalized spacial score (nSPS) is 14.5. The van der Waals surface area contributed by atoms with Gasteiger partial charge >= 0.3 is 12.4 Å². The molecule has 2 aromatic carbocycles. The van der Waals surface area contributed by atoms with Gasteiger partial charge in [0.25, 0.3) is 0 Å². The van der Waals surface area contributed by atoms with E-state index in [1.807, 2.05) is 0 Å². The third-order valence-electron chi connectivity index (χ3n) is 3.29. The van der Waals surface area contributed by atoms with E-state index in [9.17, 15) is 31.4 Å². The zero-order chi connectivity index (χ0) is 18.0. The number of hydrogen-bond acceptors (Lipinski definition) is 1. The molecule has 24 heavy (non-hydrogen) atoms. The molecule has 0 unspecified atom stereocenters. The summed E-state index contributed by atoms with van der Waals surface area (Å²) in [6, 6.07) is 10.3. The standard InChI is InChI=1S/C17H12F6O/c18-16(19,20)13-8-6-11(7-9-13)14(17(21,22)23)10-15(24)12-4-2-1-3-5-12/h1-10,15,24H/b14-10+/t15-/m1/s1. The smallest absolute Gasteiger partial charge is 0.384 e. The molecular formula is C17H12F6O. The first-order valence-electron chi connectivity index (χ1n) is 6.78. The van der Waals surface area contributed by atoms with Gasteiger partial charge in [-0.1, -0.05) is 42.5 Å². The van der Waals surface area contributed by atoms with Crippen LogP contribution >= 0.6 is 0 Å². The van der Waals surface area contributed by atoms with Crippen LogP contribution in [0.1, 0.15) is 22.8 Å². The van der Waals surface area contributed by atoms with Crippen LogP contribution in [0.3, 0.4) is 0 Å². The molecule has 0 aliphatic rings. The van der Waals surface area contributed by atoms with Crippen molar-refractivity contribution < 1.29 is 31.4 Å². The molecule has 128 valence electrons. The Labute approximate surface area is 133 Å². The first kappa shape index (κ1) is 18.1. The van der Waals surface area contributed by atoms with Crippen molar-refractivity contribution in [1.29, 1.82) is 0 Å². The second-order valence-electron chi connectivity index (χ2n) is 5.01. The molecule has 0 saturated heterocycles. The van der Waals surface area contributed by atoms with Crippen LogP contribution < -0.4 is 0 Å². The molecule has 0 aromatic heterocycles. The first-order valence-corrected chi connectivity index (χ1v) is 6.78. The summed E-state index contributed by atoms with van der Waals surface area (Å²) in [4.78, 5) is 0. The van der Waals surface area contributed by atoms with Gasteiger partial charge in [-0.15, -0.1) is 0 Å². The Bertz CT molecular complexity index is 699. The lowest BCUT2D eigenvalue weighted by Gasteiger charge is -2.16. The third-order valence-corrected chi connectivity index (χ3v) is 3.29. The highest BCUT2D eigenvalue weighted by Gasteiger charge is 2.36. The zero-order valence-corrected chi connectivity index (χ0v) is 12.1. The monoisotopic (exact) mass is 346 g/mol. The summed E-state index contributed by atoms with van der Waals surface area (Å²) in [5.74, 6) is 0. The number of aliphatic hydroxyl groups is 1. The van der Waals surface area contributed by atoms with E-state index in [1.165, 1.54) is 12.1 Å². The quantitative estimate of drug-likeness (QED) is 0.740. The Morgan fingerprint density at radius 3 is 1.83 bits per heavy atom. The minimum Gasteiger partial charge on any atom is -0.384 e. The number of benzene rings is 2. The largest absolute Gasteiger partial charge is 0.416 e. The van der Waals surface area contributed by atoms with Crippen LogP contribution in [0.5, 0.6) is 0 Å². The van der Waals surface area contributed by atoms with Gasteiger partial charge in [0.05, 0.1) is 17.2 Å². The predicted octanol–water partition coefficient (Wildman–Crippen LogP) is 5.38. The summed E-state index contributed by atoms with van der Waals surface area (Å²) in [6.07, 6.45) is -10.4. The van der Waals surface area contributed by atoms with E-state index in [1.54, 1.807) is 18.2 Å². The fraction of sp³-hybridized carbons (Fsp3) is 0.176. The van der Waals surface area contributed by atoms with Gasteiger partial charge < -0.3 is 5.11 Å². The van der Waals surface area contributed by atoms with Crippen LogP contribution in [-0.2, 0) is 6.18 Å². The molecule has 1 atom stereocenters. The Morgan fingerprint density at radius 2 is 1.38 bits per heavy atom. The molecule has 0 fully saturated rings. The van der Waals surface area contributed by atoms with E-state index in [0.29, 0.717) is 18.2 Å². The molecule has 0 amide bonds. The second-order valence-corrected chi connectivity index (χ2v) is 5.01. The highest BCUT2D eigenvalue weighted by Crippen LogP contribution is 2.37. The van der Waals surface area contributed by atoms with Crippen LogP contribution in [0.4, 0.5) is 26.3 Å². The zero-order valence-electron chi connectivity index (χ0n) is 12.1. The van der Waals surface area contributed by atoms with Gasteiger partial charge in [-0.25, -0.2) is 0 Å². The fourth-order valence-electron chi connectivity index (χ4n) is 2.10. The van der Waals surface area contributed by atoms with Gasteiger partial charge in [0.2, 0.25) is 0 Å². The van der Waals surface area contributed by atoms with Crippen molar-refractivity contribution in [3.63, 3.8) is 0 Å². The third kappa shape index (κ3) is 4.38. The molecule has 1 N–H and O–H groups in total. The highest BCUT2D eigenvalue weighted by atomic mass is 19.4. The lowest BCUT2D eigenvalue weighted by molar-refractivity contribution is -0.137. The fourth-order valence-corrected chi connectivity index (χ4v) is 2.10. The van der Waals surface area contributed by atoms with Crippen LogP contribution in [0.15, 0.2) is 60.7 Å². The van der Waals surface area contributed by atoms with Gasteiger partial charge in [0, 0.05) is 0 Å². The molecule has 0 saturated carbocycles. The highest BCUT2D eigenvalue weighted by molar-refractivity contribution is 5.70. The van der Waals surface area contributed by atoms with Crippen molar-refractivity contribution >= 4 is 5.57 Å². The Kier molecular flexibility index (Phi) is 5.03. The van der Waals surface area contributed by atoms with Crippen molar-refractivity contribution in [3.8, 4) is 0 Å². The maximum absolute atomic E-state index is 13.2. The number of halogens is 6. The number of hydrogen-bond donors (Lipinski definition) is 1. The Hall–Kier alpha value is -2.28. The summed E-state index contributed by atoms with van der Waals surface area (Å²) in [5, 5.41) is 9.94. The summed E-state index contributed by atoms with van der Waals surface area (Å²) in [7, 11) is 0. The van der Waals surface area contributed by atoms with Crippen LogP contribution in [-0.4, -0.2) is 11.3 Å². The maximum Gasteiger partial charge on any atom is 0.416 e. The summed E-state index contributed by atoms with van der Waals surface area (Å²) >= 11 is 0. The molecule has 0 bridgehead atoms. The van der Waals surface area contributed by atoms with E-state index in [0.717, 1.165) is 12.1 Å². The van der Waals surface area contributed by atoms with Crippen LogP contribution in [0.25, 0.3) is 5.57 Å². The Morgan fingerprint density at radius 1 is 0.833 bits per heavy atom. The number of allylic oxidation sites excluding steroid dienone is 1. The minimum absolute atomic E-state index is 0.242. The predicted molar refractivity (Wildman–Crippen MR) is 76.9 cm³/mol. The van der Waals surface area contributed by atoms with E-state index in [-0.39, 0.29) is 5.56 Å². The molecule has 0 heterocycles. The van der Waals surface area contributed by atoms with Gasteiger partial charge in [-0.3, -0.25) is 0 Å². The maximum atomic E-state index is 13.2. The summed E-state index contributed by atoms with van der Waals surface area (Å²) in [6.45, 7) is 0. The molecule has 0 radical (unpaired) electrons. The van der Waals surface area contributed by atoms with Crippen molar-refractivity contribution in [3.05, 3.63) is 77.4 Å². The van der Waals surface area contributed by atoms with Gasteiger partial charge in [0.1, 0.15) is 0 Å². The Balaban J connectivity index is 2.41. The molecule has 0 aliphatic carbocycles. The van der Waals surface area contributed by atoms with Crippen molar-refractivity contribution in [2.75, 3.05) is 0 Å². The van der Waals surface area contributed by atoms with Crippen LogP contribution in [0.2, 0.25) is 0 Å². The molecule has 0 spiro atoms. The molecule has 2 aromatic rings. The van der Waals surface area contributed by atoms with Crippen molar-refractivity contribution in [1.82, 2.24) is 0 Å². The van der Waals surface area contributed by atoms with Gasteiger partial charge in [0.15, 0.2) is 0 Å². The van der Waals surface area contributed by atoms with E-state index in [2.05, 4.69) is 0 Å². The topological polar surface area (TPSA) is 20.2 Å². The van der Waals surface area contributed by atoms with Crippen molar-refractivity contribution in [2.45, 2.75) is 18.5 Å². The SMILES string of the molecule is O[C@H](/C=C(\c1ccc(C(F)(F)F)cc1)C(F)(F)F)c1ccccc1. The summed E-state index contributed by atoms with van der Waals surface area (Å²) < 4.78 is 77.2. The lowest BCUT2D eigenvalue weighted by Crippen LogP contribution is -2.13. The van der Waals surface area contributed by atoms with Gasteiger partial charge in [-0.2, -0.15) is 26.3 Å². The molecule has 1 nitrogen and oxygen atoms in total. The van der Waals surface area contributed by atoms with Gasteiger partial charge in [-0.05, 0) is 29.3 Å². The van der Waals surface area contributed by atoms with E-state index < -0.39 is 35.2 Å². The summed E-state index contributed by atoms with van der Waals surface area (Å²) in [5.41, 5.74) is -2.46. The van der Waals surface area contributed by atoms with Crippen LogP contribution in [0, 0.1) is 0 Å². The molecular weight excluding hydrogens is 334 g/mol. The average molecular weight is 346 g/mol. The van der Waals surface area contributed by atoms with E-state index in [4.69, 9.17) is 0 Å². The molecule has 0 aliphatic heterocycles. The number of alkyl halides is 6. The van der Waals surface area contributed by atoms with E-state index >= 15 is 0 Å². The second kappa shape index (κ2) is 6.68.